The van der Waals surface area contributed by atoms with Crippen LogP contribution in [0.4, 0.5) is 5.69 Å². The number of nitriles is 1. The molecule has 0 amide bonds. The van der Waals surface area contributed by atoms with Gasteiger partial charge in [0.1, 0.15) is 12.2 Å². The lowest BCUT2D eigenvalue weighted by atomic mass is 10.00. The van der Waals surface area contributed by atoms with Crippen LogP contribution >= 0.6 is 0 Å². The highest BCUT2D eigenvalue weighted by atomic mass is 16.4. The molecule has 0 aromatic heterocycles. The summed E-state index contributed by atoms with van der Waals surface area (Å²) >= 11 is 0. The maximum atomic E-state index is 12.3. The first kappa shape index (κ1) is 20.0. The minimum atomic E-state index is -1.29. The Hall–Kier alpha value is -2.72. The molecule has 0 saturated carbocycles. The van der Waals surface area contributed by atoms with Crippen molar-refractivity contribution in [2.45, 2.75) is 38.0 Å². The van der Waals surface area contributed by atoms with Crippen molar-refractivity contribution in [1.82, 2.24) is 0 Å². The van der Waals surface area contributed by atoms with Crippen molar-refractivity contribution in [3.05, 3.63) is 47.5 Å². The van der Waals surface area contributed by atoms with E-state index < -0.39 is 24.6 Å². The molecule has 1 heterocycles. The molecule has 0 spiro atoms. The number of rotatable bonds is 8. The van der Waals surface area contributed by atoms with Gasteiger partial charge in [-0.25, -0.2) is 0 Å². The van der Waals surface area contributed by atoms with Gasteiger partial charge in [-0.15, -0.1) is 0 Å². The van der Waals surface area contributed by atoms with Crippen molar-refractivity contribution in [3.63, 3.8) is 0 Å². The number of hydrogen-bond donors (Lipinski definition) is 3. The highest BCUT2D eigenvalue weighted by Crippen LogP contribution is 2.30. The van der Waals surface area contributed by atoms with Crippen molar-refractivity contribution < 1.29 is 20.1 Å². The predicted molar refractivity (Wildman–Crippen MR) is 108 cm³/mol. The third-order valence-corrected chi connectivity index (χ3v) is 5.07. The topological polar surface area (TPSA) is 105 Å². The van der Waals surface area contributed by atoms with Crippen LogP contribution in [-0.2, 0) is 4.79 Å². The van der Waals surface area contributed by atoms with Crippen LogP contribution in [0.15, 0.2) is 42.0 Å². The molecule has 28 heavy (non-hydrogen) atoms. The van der Waals surface area contributed by atoms with E-state index in [4.69, 9.17) is 5.11 Å². The van der Waals surface area contributed by atoms with Gasteiger partial charge in [-0.1, -0.05) is 18.2 Å². The van der Waals surface area contributed by atoms with Crippen LogP contribution in [-0.4, -0.2) is 52.5 Å². The molecule has 3 N–H and O–H groups in total. The summed E-state index contributed by atoms with van der Waals surface area (Å²) in [6, 6.07) is 14.5. The second-order valence-corrected chi connectivity index (χ2v) is 7.24. The van der Waals surface area contributed by atoms with Crippen molar-refractivity contribution >= 4 is 28.3 Å². The molecule has 3 unspecified atom stereocenters. The number of aliphatic hydroxyl groups is 3. The molecule has 1 saturated heterocycles. The number of hydrogen-bond acceptors (Lipinski definition) is 6. The first-order valence-corrected chi connectivity index (χ1v) is 9.35. The van der Waals surface area contributed by atoms with Crippen LogP contribution in [0, 0.1) is 11.3 Å². The van der Waals surface area contributed by atoms with Gasteiger partial charge in [-0.05, 0) is 54.0 Å². The molecule has 146 valence electrons. The largest absolute Gasteiger partial charge is 0.394 e. The zero-order valence-corrected chi connectivity index (χ0v) is 15.7. The van der Waals surface area contributed by atoms with E-state index in [-0.39, 0.29) is 18.4 Å². The zero-order chi connectivity index (χ0) is 20.3. The number of Topliss-reactive ketones (excluding diaryl/α,β-unsaturated/α-hetero) is 1. The fourth-order valence-electron chi connectivity index (χ4n) is 3.19. The monoisotopic (exact) mass is 380 g/mol. The van der Waals surface area contributed by atoms with Gasteiger partial charge >= 0.3 is 0 Å². The first-order chi connectivity index (χ1) is 13.4. The third kappa shape index (κ3) is 4.57. The molecule has 3 atom stereocenters. The average Bonchev–Trinajstić information content (AvgIpc) is 3.45. The minimum absolute atomic E-state index is 0.000394. The SMILES string of the molecule is CC1CN1c1ccc2cc(/C=C(\C#N)C(=O)CCC(O)C(O)CO)ccc2c1. The molecule has 2 aromatic rings. The van der Waals surface area contributed by atoms with Crippen LogP contribution in [0.1, 0.15) is 25.3 Å². The van der Waals surface area contributed by atoms with E-state index in [1.165, 1.54) is 11.8 Å². The lowest BCUT2D eigenvalue weighted by molar-refractivity contribution is -0.116. The number of anilines is 1. The average molecular weight is 380 g/mol. The van der Waals surface area contributed by atoms with Crippen LogP contribution in [0.25, 0.3) is 16.8 Å². The molecule has 1 aliphatic heterocycles. The van der Waals surface area contributed by atoms with E-state index in [0.717, 1.165) is 22.9 Å². The van der Waals surface area contributed by atoms with E-state index in [0.29, 0.717) is 6.04 Å². The second-order valence-electron chi connectivity index (χ2n) is 7.24. The number of ketones is 1. The number of carbonyl (C=O) groups excluding carboxylic acids is 1. The first-order valence-electron chi connectivity index (χ1n) is 9.35. The van der Waals surface area contributed by atoms with Gasteiger partial charge in [0, 0.05) is 24.7 Å². The summed E-state index contributed by atoms with van der Waals surface area (Å²) in [5.74, 6) is -0.405. The summed E-state index contributed by atoms with van der Waals surface area (Å²) in [5.41, 5.74) is 1.94. The molecule has 3 rings (SSSR count). The lowest BCUT2D eigenvalue weighted by Gasteiger charge is -2.14. The number of benzene rings is 2. The van der Waals surface area contributed by atoms with Crippen LogP contribution in [0.3, 0.4) is 0 Å². The molecule has 1 fully saturated rings. The maximum absolute atomic E-state index is 12.3. The van der Waals surface area contributed by atoms with Gasteiger partial charge in [0.05, 0.1) is 18.3 Å². The van der Waals surface area contributed by atoms with Crippen molar-refractivity contribution in [2.24, 2.45) is 0 Å². The molecule has 2 aromatic carbocycles. The molecule has 0 aliphatic carbocycles. The van der Waals surface area contributed by atoms with Crippen molar-refractivity contribution in [2.75, 3.05) is 18.1 Å². The summed E-state index contributed by atoms with van der Waals surface area (Å²) in [6.07, 6.45) is -1.05. The summed E-state index contributed by atoms with van der Waals surface area (Å²) in [4.78, 5) is 14.6. The number of aliphatic hydroxyl groups excluding tert-OH is 3. The van der Waals surface area contributed by atoms with Gasteiger partial charge in [0.25, 0.3) is 0 Å². The maximum Gasteiger partial charge on any atom is 0.173 e. The fraction of sp³-hybridized carbons (Fsp3) is 0.364. The molecule has 6 nitrogen and oxygen atoms in total. The van der Waals surface area contributed by atoms with Crippen molar-refractivity contribution in [3.8, 4) is 6.07 Å². The van der Waals surface area contributed by atoms with E-state index in [2.05, 4.69) is 24.0 Å². The highest BCUT2D eigenvalue weighted by Gasteiger charge is 2.29. The summed E-state index contributed by atoms with van der Waals surface area (Å²) < 4.78 is 0. The summed E-state index contributed by atoms with van der Waals surface area (Å²) in [7, 11) is 0. The van der Waals surface area contributed by atoms with E-state index in [1.807, 2.05) is 30.3 Å². The van der Waals surface area contributed by atoms with Gasteiger partial charge in [0.2, 0.25) is 0 Å². The Bertz CT molecular complexity index is 947. The third-order valence-electron chi connectivity index (χ3n) is 5.07. The Morgan fingerprint density at radius 2 is 1.93 bits per heavy atom. The molecular formula is C22H24N2O4. The number of fused-ring (bicyclic) bond motifs is 1. The Morgan fingerprint density at radius 1 is 1.25 bits per heavy atom. The second kappa shape index (κ2) is 8.53. The lowest BCUT2D eigenvalue weighted by Crippen LogP contribution is -2.29. The van der Waals surface area contributed by atoms with Crippen LogP contribution in [0.2, 0.25) is 0 Å². The smallest absolute Gasteiger partial charge is 0.173 e. The van der Waals surface area contributed by atoms with E-state index >= 15 is 0 Å². The number of allylic oxidation sites excluding steroid dienone is 1. The normalized spacial score (nSPS) is 18.6. The van der Waals surface area contributed by atoms with Crippen LogP contribution in [0.5, 0.6) is 0 Å². The molecule has 6 heteroatoms. The number of nitrogens with zero attached hydrogens (tertiary/aromatic N) is 2. The van der Waals surface area contributed by atoms with Gasteiger partial charge in [0.15, 0.2) is 5.78 Å². The predicted octanol–water partition coefficient (Wildman–Crippen LogP) is 2.02. The quantitative estimate of drug-likeness (QED) is 0.368. The van der Waals surface area contributed by atoms with E-state index in [1.54, 1.807) is 0 Å². The standard InChI is InChI=1S/C22H24N2O4/c1-14-12-24(14)19-5-4-16-8-15(2-3-17(16)10-19)9-18(11-23)20(26)6-7-21(27)22(28)13-25/h2-5,8-10,14,21-22,25,27-28H,6-7,12-13H2,1H3/b18-9+. The molecule has 1 aliphatic rings. The van der Waals surface area contributed by atoms with Crippen LogP contribution < -0.4 is 4.90 Å². The Balaban J connectivity index is 1.73. The molecular weight excluding hydrogens is 356 g/mol. The minimum Gasteiger partial charge on any atom is -0.394 e. The van der Waals surface area contributed by atoms with Gasteiger partial charge in [-0.2, -0.15) is 5.26 Å². The Labute approximate surface area is 163 Å². The Morgan fingerprint density at radius 3 is 2.57 bits per heavy atom. The van der Waals surface area contributed by atoms with Crippen molar-refractivity contribution in [1.29, 1.82) is 5.26 Å². The number of carbonyl (C=O) groups is 1. The summed E-state index contributed by atoms with van der Waals surface area (Å²) in [6.45, 7) is 2.68. The summed E-state index contributed by atoms with van der Waals surface area (Å²) in [5, 5.41) is 39.2. The highest BCUT2D eigenvalue weighted by molar-refractivity contribution is 6.03. The molecule has 0 bridgehead atoms. The fourth-order valence-corrected chi connectivity index (χ4v) is 3.19. The van der Waals surface area contributed by atoms with Gasteiger partial charge < -0.3 is 20.2 Å². The molecule has 0 radical (unpaired) electrons. The van der Waals surface area contributed by atoms with Gasteiger partial charge in [-0.3, -0.25) is 4.79 Å². The van der Waals surface area contributed by atoms with E-state index in [9.17, 15) is 20.3 Å². The zero-order valence-electron chi connectivity index (χ0n) is 15.7. The Kier molecular flexibility index (Phi) is 6.10.